The number of amides is 1. The molecule has 0 aliphatic carbocycles. The molecule has 1 heterocycles. The number of aryl methyl sites for hydroxylation is 1. The fourth-order valence-corrected chi connectivity index (χ4v) is 2.97. The molecule has 0 aliphatic rings. The van der Waals surface area contributed by atoms with Gasteiger partial charge in [-0.2, -0.15) is 0 Å². The fourth-order valence-electron chi connectivity index (χ4n) is 2.15. The minimum atomic E-state index is -0.118. The molecule has 1 N–H and O–H groups in total. The van der Waals surface area contributed by atoms with Crippen molar-refractivity contribution in [1.82, 2.24) is 4.98 Å². The number of carbonyl (C=O) groups excluding carboxylic acids is 1. The van der Waals surface area contributed by atoms with Crippen LogP contribution >= 0.6 is 11.3 Å². The predicted octanol–water partition coefficient (Wildman–Crippen LogP) is 4.62. The van der Waals surface area contributed by atoms with Crippen LogP contribution in [0.2, 0.25) is 0 Å². The van der Waals surface area contributed by atoms with Gasteiger partial charge in [-0.3, -0.25) is 4.79 Å². The number of hydrogen-bond donors (Lipinski definition) is 1. The third-order valence-corrected chi connectivity index (χ3v) is 4.39. The number of aromatic nitrogens is 1. The van der Waals surface area contributed by atoms with E-state index in [0.29, 0.717) is 4.88 Å². The Labute approximate surface area is 133 Å². The second-order valence-corrected chi connectivity index (χ2v) is 5.93. The van der Waals surface area contributed by atoms with E-state index in [0.717, 1.165) is 22.7 Å². The first-order chi connectivity index (χ1) is 10.8. The number of rotatable bonds is 4. The quantitative estimate of drug-likeness (QED) is 0.764. The first kappa shape index (κ1) is 14.5. The van der Waals surface area contributed by atoms with Crippen LogP contribution in [0.4, 0.5) is 5.69 Å². The van der Waals surface area contributed by atoms with Gasteiger partial charge in [0.05, 0.1) is 6.20 Å². The minimum absolute atomic E-state index is 0.118. The van der Waals surface area contributed by atoms with E-state index in [4.69, 9.17) is 0 Å². The van der Waals surface area contributed by atoms with Crippen LogP contribution in [0.1, 0.15) is 22.2 Å². The summed E-state index contributed by atoms with van der Waals surface area (Å²) in [7, 11) is 0. The van der Waals surface area contributed by atoms with Crippen LogP contribution in [0.3, 0.4) is 0 Å². The highest BCUT2D eigenvalue weighted by atomic mass is 32.1. The lowest BCUT2D eigenvalue weighted by Gasteiger charge is -2.04. The van der Waals surface area contributed by atoms with E-state index in [1.807, 2.05) is 48.5 Å². The number of nitrogens with one attached hydrogen (secondary N) is 1. The Hall–Kier alpha value is -2.46. The van der Waals surface area contributed by atoms with Gasteiger partial charge in [-0.15, -0.1) is 11.3 Å². The van der Waals surface area contributed by atoms with Crippen molar-refractivity contribution in [3.8, 4) is 10.6 Å². The molecule has 0 radical (unpaired) electrons. The molecule has 0 saturated carbocycles. The van der Waals surface area contributed by atoms with Crippen LogP contribution < -0.4 is 5.32 Å². The Kier molecular flexibility index (Phi) is 4.30. The maximum Gasteiger partial charge on any atom is 0.267 e. The van der Waals surface area contributed by atoms with Gasteiger partial charge in [0.2, 0.25) is 0 Å². The summed E-state index contributed by atoms with van der Waals surface area (Å²) in [5.41, 5.74) is 3.05. The molecule has 3 aromatic rings. The van der Waals surface area contributed by atoms with Gasteiger partial charge in [0.15, 0.2) is 0 Å². The minimum Gasteiger partial charge on any atom is -0.321 e. The molecule has 0 saturated heterocycles. The van der Waals surface area contributed by atoms with Gasteiger partial charge in [-0.05, 0) is 24.1 Å². The second kappa shape index (κ2) is 6.54. The summed E-state index contributed by atoms with van der Waals surface area (Å²) in [4.78, 5) is 17.3. The summed E-state index contributed by atoms with van der Waals surface area (Å²) in [6.07, 6.45) is 2.58. The van der Waals surface area contributed by atoms with Crippen molar-refractivity contribution < 1.29 is 4.79 Å². The van der Waals surface area contributed by atoms with Crippen LogP contribution in [-0.4, -0.2) is 10.9 Å². The van der Waals surface area contributed by atoms with E-state index < -0.39 is 0 Å². The van der Waals surface area contributed by atoms with Gasteiger partial charge in [0.1, 0.15) is 9.88 Å². The Morgan fingerprint density at radius 3 is 2.73 bits per heavy atom. The van der Waals surface area contributed by atoms with Crippen molar-refractivity contribution in [1.29, 1.82) is 0 Å². The van der Waals surface area contributed by atoms with Crippen molar-refractivity contribution in [3.63, 3.8) is 0 Å². The third kappa shape index (κ3) is 3.23. The highest BCUT2D eigenvalue weighted by molar-refractivity contribution is 7.17. The summed E-state index contributed by atoms with van der Waals surface area (Å²) >= 11 is 1.40. The molecule has 110 valence electrons. The molecule has 0 spiro atoms. The van der Waals surface area contributed by atoms with E-state index in [9.17, 15) is 4.79 Å². The Bertz CT molecular complexity index is 781. The lowest BCUT2D eigenvalue weighted by Crippen LogP contribution is -2.10. The van der Waals surface area contributed by atoms with E-state index in [-0.39, 0.29) is 5.91 Å². The van der Waals surface area contributed by atoms with Crippen LogP contribution in [0.25, 0.3) is 10.6 Å². The Balaban J connectivity index is 1.77. The average Bonchev–Trinajstić information content (AvgIpc) is 3.06. The summed E-state index contributed by atoms with van der Waals surface area (Å²) in [5.74, 6) is -0.118. The first-order valence-electron chi connectivity index (χ1n) is 7.18. The summed E-state index contributed by atoms with van der Waals surface area (Å²) in [5, 5.41) is 3.78. The Morgan fingerprint density at radius 1 is 1.14 bits per heavy atom. The average molecular weight is 308 g/mol. The maximum absolute atomic E-state index is 12.3. The van der Waals surface area contributed by atoms with Crippen LogP contribution in [0.15, 0.2) is 60.8 Å². The van der Waals surface area contributed by atoms with Crippen molar-refractivity contribution in [2.24, 2.45) is 0 Å². The number of thiazole rings is 1. The van der Waals surface area contributed by atoms with Gasteiger partial charge >= 0.3 is 0 Å². The number of carbonyl (C=O) groups is 1. The zero-order valence-corrected chi connectivity index (χ0v) is 13.1. The smallest absolute Gasteiger partial charge is 0.267 e. The molecule has 2 aromatic carbocycles. The molecule has 4 heteroatoms. The van der Waals surface area contributed by atoms with Crippen LogP contribution in [0, 0.1) is 0 Å². The van der Waals surface area contributed by atoms with Crippen LogP contribution in [-0.2, 0) is 6.42 Å². The maximum atomic E-state index is 12.3. The molecule has 0 fully saturated rings. The lowest BCUT2D eigenvalue weighted by molar-refractivity contribution is 0.103. The summed E-state index contributed by atoms with van der Waals surface area (Å²) in [6.45, 7) is 2.09. The van der Waals surface area contributed by atoms with E-state index in [2.05, 4.69) is 23.3 Å². The van der Waals surface area contributed by atoms with Gasteiger partial charge in [-0.1, -0.05) is 49.4 Å². The molecule has 3 nitrogen and oxygen atoms in total. The SMILES string of the molecule is CCc1cccc(NC(=O)c2cnc(-c3ccccc3)s2)c1. The van der Waals surface area contributed by atoms with E-state index in [1.165, 1.54) is 16.9 Å². The van der Waals surface area contributed by atoms with E-state index >= 15 is 0 Å². The predicted molar refractivity (Wildman–Crippen MR) is 91.3 cm³/mol. The lowest BCUT2D eigenvalue weighted by atomic mass is 10.1. The number of anilines is 1. The van der Waals surface area contributed by atoms with E-state index in [1.54, 1.807) is 6.20 Å². The Morgan fingerprint density at radius 2 is 1.95 bits per heavy atom. The van der Waals surface area contributed by atoms with Gasteiger partial charge in [0.25, 0.3) is 5.91 Å². The monoisotopic (exact) mass is 308 g/mol. The second-order valence-electron chi connectivity index (χ2n) is 4.90. The van der Waals surface area contributed by atoms with Crippen molar-refractivity contribution in [3.05, 3.63) is 71.2 Å². The van der Waals surface area contributed by atoms with Gasteiger partial charge < -0.3 is 5.32 Å². The largest absolute Gasteiger partial charge is 0.321 e. The zero-order valence-electron chi connectivity index (χ0n) is 12.2. The summed E-state index contributed by atoms with van der Waals surface area (Å²) < 4.78 is 0. The van der Waals surface area contributed by atoms with Gasteiger partial charge in [-0.25, -0.2) is 4.98 Å². The number of hydrogen-bond acceptors (Lipinski definition) is 3. The molecule has 0 unspecified atom stereocenters. The van der Waals surface area contributed by atoms with Crippen molar-refractivity contribution in [2.45, 2.75) is 13.3 Å². The third-order valence-electron chi connectivity index (χ3n) is 3.34. The molecular formula is C18H16N2OS. The highest BCUT2D eigenvalue weighted by Gasteiger charge is 2.12. The fraction of sp³-hybridized carbons (Fsp3) is 0.111. The highest BCUT2D eigenvalue weighted by Crippen LogP contribution is 2.25. The zero-order chi connectivity index (χ0) is 15.4. The molecule has 22 heavy (non-hydrogen) atoms. The molecule has 3 rings (SSSR count). The standard InChI is InChI=1S/C18H16N2OS/c1-2-13-7-6-10-15(11-13)20-17(21)16-12-19-18(22-16)14-8-4-3-5-9-14/h3-12H,2H2,1H3,(H,20,21). The topological polar surface area (TPSA) is 42.0 Å². The van der Waals surface area contributed by atoms with Crippen molar-refractivity contribution >= 4 is 22.9 Å². The van der Waals surface area contributed by atoms with Crippen LogP contribution in [0.5, 0.6) is 0 Å². The van der Waals surface area contributed by atoms with Gasteiger partial charge in [0, 0.05) is 11.3 Å². The first-order valence-corrected chi connectivity index (χ1v) is 7.99. The summed E-state index contributed by atoms with van der Waals surface area (Å²) in [6, 6.07) is 17.8. The molecule has 0 atom stereocenters. The molecular weight excluding hydrogens is 292 g/mol. The molecule has 1 aromatic heterocycles. The molecule has 0 bridgehead atoms. The number of benzene rings is 2. The molecule has 1 amide bonds. The van der Waals surface area contributed by atoms with Crippen molar-refractivity contribution in [2.75, 3.05) is 5.32 Å². The normalized spacial score (nSPS) is 10.4. The molecule has 0 aliphatic heterocycles. The number of nitrogens with zero attached hydrogens (tertiary/aromatic N) is 1.